The largest absolute Gasteiger partial charge is 0.498 e. The third-order valence-corrected chi connectivity index (χ3v) is 6.00. The van der Waals surface area contributed by atoms with E-state index in [-0.39, 0.29) is 0 Å². The van der Waals surface area contributed by atoms with Gasteiger partial charge in [0.1, 0.15) is 0 Å². The fourth-order valence-corrected chi connectivity index (χ4v) is 5.04. The summed E-state index contributed by atoms with van der Waals surface area (Å²) in [6.07, 6.45) is 6.01. The van der Waals surface area contributed by atoms with Gasteiger partial charge in [-0.1, -0.05) is 6.42 Å². The van der Waals surface area contributed by atoms with Crippen LogP contribution in [0, 0.1) is 0 Å². The van der Waals surface area contributed by atoms with Gasteiger partial charge in [0.2, 0.25) is 0 Å². The Kier molecular flexibility index (Phi) is 2.51. The zero-order chi connectivity index (χ0) is 8.39. The molecule has 0 radical (unpaired) electrons. The first kappa shape index (κ1) is 8.32. The third kappa shape index (κ3) is 1.43. The lowest BCUT2D eigenvalue weighted by Gasteiger charge is -2.17. The van der Waals surface area contributed by atoms with E-state index in [0.717, 1.165) is 13.0 Å². The molecule has 2 rings (SSSR count). The van der Waals surface area contributed by atoms with E-state index in [1.165, 1.54) is 24.6 Å². The topological polar surface area (TPSA) is 18.5 Å². The molecule has 0 amide bonds. The molecule has 0 saturated carbocycles. The molecule has 2 aliphatic heterocycles. The Morgan fingerprint density at radius 3 is 3.25 bits per heavy atom. The van der Waals surface area contributed by atoms with E-state index in [4.69, 9.17) is 9.16 Å². The van der Waals surface area contributed by atoms with Gasteiger partial charge in [0.15, 0.2) is 9.04 Å². The van der Waals surface area contributed by atoms with Gasteiger partial charge in [-0.3, -0.25) is 0 Å². The predicted octanol–water partition coefficient (Wildman–Crippen LogP) is 1.82. The van der Waals surface area contributed by atoms with Crippen molar-refractivity contribution in [3.05, 3.63) is 11.8 Å². The lowest BCUT2D eigenvalue weighted by Crippen LogP contribution is -2.19. The van der Waals surface area contributed by atoms with Crippen LogP contribution in [-0.2, 0) is 9.16 Å². The number of hydrogen-bond donors (Lipinski definition) is 0. The molecular weight excluding hydrogens is 168 g/mol. The van der Waals surface area contributed by atoms with Gasteiger partial charge in [0, 0.05) is 19.1 Å². The van der Waals surface area contributed by atoms with Crippen molar-refractivity contribution in [3.63, 3.8) is 0 Å². The highest BCUT2D eigenvalue weighted by Crippen LogP contribution is 2.39. The van der Waals surface area contributed by atoms with Crippen LogP contribution in [0.25, 0.3) is 0 Å². The van der Waals surface area contributed by atoms with E-state index in [9.17, 15) is 0 Å². The van der Waals surface area contributed by atoms with Gasteiger partial charge in [-0.05, 0) is 18.5 Å². The second-order valence-corrected chi connectivity index (χ2v) is 6.49. The molecule has 0 aliphatic carbocycles. The van der Waals surface area contributed by atoms with E-state index in [0.29, 0.717) is 5.54 Å². The summed E-state index contributed by atoms with van der Waals surface area (Å²) in [5, 5.41) is 0. The molecule has 12 heavy (non-hydrogen) atoms. The molecule has 0 aromatic carbocycles. The molecule has 3 heteroatoms. The third-order valence-electron chi connectivity index (χ3n) is 2.85. The van der Waals surface area contributed by atoms with Crippen LogP contribution in [0.4, 0.5) is 0 Å². The summed E-state index contributed by atoms with van der Waals surface area (Å²) in [4.78, 5) is 0. The molecular formula is C9H16O2Si. The Morgan fingerprint density at radius 2 is 2.58 bits per heavy atom. The highest BCUT2D eigenvalue weighted by molar-refractivity contribution is 6.55. The monoisotopic (exact) mass is 184 g/mol. The van der Waals surface area contributed by atoms with Crippen molar-refractivity contribution < 1.29 is 9.16 Å². The van der Waals surface area contributed by atoms with Crippen molar-refractivity contribution in [1.29, 1.82) is 0 Å². The lowest BCUT2D eigenvalue weighted by atomic mass is 10.2. The van der Waals surface area contributed by atoms with Crippen LogP contribution < -0.4 is 0 Å². The van der Waals surface area contributed by atoms with Gasteiger partial charge in [-0.25, -0.2) is 0 Å². The maximum absolute atomic E-state index is 5.58. The maximum Gasteiger partial charge on any atom is 0.186 e. The molecule has 0 spiro atoms. The second-order valence-electron chi connectivity index (χ2n) is 3.56. The molecule has 1 saturated heterocycles. The summed E-state index contributed by atoms with van der Waals surface area (Å²) >= 11 is 0. The van der Waals surface area contributed by atoms with Gasteiger partial charge in [0.25, 0.3) is 0 Å². The van der Waals surface area contributed by atoms with E-state index < -0.39 is 9.04 Å². The molecule has 0 bridgehead atoms. The Hall–Kier alpha value is -0.283. The fraction of sp³-hybridized carbons (Fsp3) is 0.778. The first-order chi connectivity index (χ1) is 5.92. The Bertz CT molecular complexity index is 191. The summed E-state index contributed by atoms with van der Waals surface area (Å²) in [6, 6.07) is 1.34. The molecule has 1 fully saturated rings. The molecule has 2 atom stereocenters. The molecule has 2 unspecified atom stereocenters. The van der Waals surface area contributed by atoms with Crippen molar-refractivity contribution in [2.75, 3.05) is 13.7 Å². The van der Waals surface area contributed by atoms with Crippen LogP contribution in [0.2, 0.25) is 11.6 Å². The van der Waals surface area contributed by atoms with Crippen molar-refractivity contribution in [3.8, 4) is 0 Å². The van der Waals surface area contributed by atoms with Crippen molar-refractivity contribution >= 4 is 9.04 Å². The summed E-state index contributed by atoms with van der Waals surface area (Å²) in [5.41, 5.74) is 0.692. The van der Waals surface area contributed by atoms with E-state index in [1.807, 2.05) is 7.11 Å². The lowest BCUT2D eigenvalue weighted by molar-refractivity contribution is 0.230. The highest BCUT2D eigenvalue weighted by atomic mass is 28.3. The minimum absolute atomic E-state index is 0.692. The maximum atomic E-state index is 5.58. The van der Waals surface area contributed by atoms with Crippen LogP contribution in [0.1, 0.15) is 19.3 Å². The van der Waals surface area contributed by atoms with Crippen molar-refractivity contribution in [2.45, 2.75) is 30.8 Å². The van der Waals surface area contributed by atoms with Crippen LogP contribution in [0.3, 0.4) is 0 Å². The standard InChI is InChI=1S/C9H16O2Si/c1-10-12-7-3-5-9(12)8-4-2-6-11-8/h4,9,12H,2-3,5-7H2,1H3. The quantitative estimate of drug-likeness (QED) is 0.610. The summed E-state index contributed by atoms with van der Waals surface area (Å²) in [7, 11) is 0.944. The zero-order valence-electron chi connectivity index (χ0n) is 7.58. The highest BCUT2D eigenvalue weighted by Gasteiger charge is 2.34. The van der Waals surface area contributed by atoms with E-state index >= 15 is 0 Å². The Morgan fingerprint density at radius 1 is 1.67 bits per heavy atom. The van der Waals surface area contributed by atoms with Crippen LogP contribution in [-0.4, -0.2) is 22.8 Å². The second kappa shape index (κ2) is 3.62. The van der Waals surface area contributed by atoms with Gasteiger partial charge in [-0.15, -0.1) is 0 Å². The summed E-state index contributed by atoms with van der Waals surface area (Å²) in [5.74, 6) is 1.26. The molecule has 2 heterocycles. The predicted molar refractivity (Wildman–Crippen MR) is 50.6 cm³/mol. The first-order valence-corrected chi connectivity index (χ1v) is 6.73. The number of rotatable bonds is 2. The normalized spacial score (nSPS) is 34.9. The molecule has 0 N–H and O–H groups in total. The number of allylic oxidation sites excluding steroid dienone is 1. The van der Waals surface area contributed by atoms with Crippen molar-refractivity contribution in [2.24, 2.45) is 0 Å². The molecule has 0 aromatic heterocycles. The number of ether oxygens (including phenoxy) is 1. The van der Waals surface area contributed by atoms with Crippen LogP contribution >= 0.6 is 0 Å². The SMILES string of the molecule is CO[SiH]1CCCC1C1=CCCO1. The van der Waals surface area contributed by atoms with Gasteiger partial charge >= 0.3 is 0 Å². The van der Waals surface area contributed by atoms with Crippen molar-refractivity contribution in [1.82, 2.24) is 0 Å². The zero-order valence-corrected chi connectivity index (χ0v) is 8.74. The van der Waals surface area contributed by atoms with Crippen LogP contribution in [0.15, 0.2) is 11.8 Å². The summed E-state index contributed by atoms with van der Waals surface area (Å²) < 4.78 is 11.1. The van der Waals surface area contributed by atoms with E-state index in [2.05, 4.69) is 6.08 Å². The average molecular weight is 184 g/mol. The minimum Gasteiger partial charge on any atom is -0.498 e. The molecule has 0 aromatic rings. The van der Waals surface area contributed by atoms with Gasteiger partial charge < -0.3 is 9.16 Å². The Labute approximate surface area is 75.3 Å². The van der Waals surface area contributed by atoms with Gasteiger partial charge in [-0.2, -0.15) is 0 Å². The van der Waals surface area contributed by atoms with E-state index in [1.54, 1.807) is 0 Å². The van der Waals surface area contributed by atoms with Gasteiger partial charge in [0.05, 0.1) is 12.4 Å². The summed E-state index contributed by atoms with van der Waals surface area (Å²) in [6.45, 7) is 0.899. The fourth-order valence-electron chi connectivity index (χ4n) is 2.23. The first-order valence-electron chi connectivity index (χ1n) is 4.77. The molecule has 2 aliphatic rings. The minimum atomic E-state index is -0.922. The Balaban J connectivity index is 2.01. The average Bonchev–Trinajstić information content (AvgIpc) is 2.74. The molecule has 68 valence electrons. The van der Waals surface area contributed by atoms with Crippen LogP contribution in [0.5, 0.6) is 0 Å². The number of hydrogen-bond acceptors (Lipinski definition) is 2. The molecule has 2 nitrogen and oxygen atoms in total. The smallest absolute Gasteiger partial charge is 0.186 e.